The predicted molar refractivity (Wildman–Crippen MR) is 200 cm³/mol. The molecular formula is C44H50IrNO3-. The summed E-state index contributed by atoms with van der Waals surface area (Å²) < 4.78 is 8.53. The van der Waals surface area contributed by atoms with Crippen LogP contribution < -0.4 is 9.30 Å². The number of hydrogen-bond donors (Lipinski definition) is 1. The molecule has 2 heterocycles. The van der Waals surface area contributed by atoms with E-state index in [1.54, 1.807) is 0 Å². The molecule has 1 aliphatic heterocycles. The fraction of sp³-hybridized carbons (Fsp3) is 0.318. The number of fused-ring (bicyclic) bond motifs is 3. The van der Waals surface area contributed by atoms with E-state index >= 15 is 0 Å². The predicted octanol–water partition coefficient (Wildman–Crippen LogP) is 11.7. The number of aromatic nitrogens is 1. The molecule has 1 N–H and O–H groups in total. The third-order valence-corrected chi connectivity index (χ3v) is 9.84. The molecule has 0 spiro atoms. The van der Waals surface area contributed by atoms with E-state index in [-0.39, 0.29) is 48.9 Å². The van der Waals surface area contributed by atoms with Crippen LogP contribution in [0.5, 0.6) is 11.5 Å². The van der Waals surface area contributed by atoms with E-state index in [0.717, 1.165) is 70.3 Å². The summed E-state index contributed by atoms with van der Waals surface area (Å²) in [6.07, 6.45) is 6.93. The number of hydrogen-bond acceptors (Lipinski definition) is 3. The number of rotatable bonds is 8. The molecule has 1 aliphatic rings. The van der Waals surface area contributed by atoms with Gasteiger partial charge in [0.15, 0.2) is 5.78 Å². The number of allylic oxidation sites excluding steroid dienone is 2. The summed E-state index contributed by atoms with van der Waals surface area (Å²) in [6, 6.07) is 25.6. The Kier molecular flexibility index (Phi) is 12.1. The molecule has 4 nitrogen and oxygen atoms in total. The van der Waals surface area contributed by atoms with Gasteiger partial charge in [-0.25, -0.2) is 0 Å². The molecule has 0 saturated heterocycles. The third kappa shape index (κ3) is 7.44. The van der Waals surface area contributed by atoms with Crippen molar-refractivity contribution in [3.05, 3.63) is 116 Å². The van der Waals surface area contributed by atoms with Crippen molar-refractivity contribution in [1.82, 2.24) is 0 Å². The minimum atomic E-state index is -0.0258. The Morgan fingerprint density at radius 2 is 1.45 bits per heavy atom. The number of nitrogens with zero attached hydrogens (tertiary/aromatic N) is 1. The van der Waals surface area contributed by atoms with Crippen LogP contribution in [0.15, 0.2) is 90.8 Å². The molecule has 0 unspecified atom stereocenters. The Labute approximate surface area is 306 Å². The van der Waals surface area contributed by atoms with Gasteiger partial charge >= 0.3 is 0 Å². The Morgan fingerprint density at radius 3 is 2.06 bits per heavy atom. The number of ether oxygens (including phenoxy) is 1. The van der Waals surface area contributed by atoms with Crippen LogP contribution in [0.3, 0.4) is 0 Å². The van der Waals surface area contributed by atoms with Gasteiger partial charge in [-0.15, -0.1) is 23.1 Å². The molecule has 1 radical (unpaired) electrons. The summed E-state index contributed by atoms with van der Waals surface area (Å²) in [6.45, 7) is 19.4. The third-order valence-electron chi connectivity index (χ3n) is 9.84. The molecular weight excluding hydrogens is 783 g/mol. The van der Waals surface area contributed by atoms with Gasteiger partial charge in [0, 0.05) is 56.0 Å². The second kappa shape index (κ2) is 15.7. The van der Waals surface area contributed by atoms with Crippen LogP contribution in [0.4, 0.5) is 0 Å². The SMILES string of the molecule is CCC(CC)C(=O)/C=C(\O)C(CC)CC.[CH2-]c1c(-c2c3c(cc[n+]2[CH2-])-c2cccc4cccc(c24)O3)cc(C(C)(C)C)c2ccccc12.[Ir]. The fourth-order valence-electron chi connectivity index (χ4n) is 6.94. The molecule has 0 bridgehead atoms. The molecule has 0 saturated carbocycles. The van der Waals surface area contributed by atoms with Gasteiger partial charge in [0.1, 0.15) is 17.2 Å². The molecule has 4 aromatic carbocycles. The molecule has 5 heteroatoms. The van der Waals surface area contributed by atoms with E-state index in [2.05, 4.69) is 95.4 Å². The van der Waals surface area contributed by atoms with Crippen LogP contribution in [0.2, 0.25) is 0 Å². The monoisotopic (exact) mass is 833 g/mol. The van der Waals surface area contributed by atoms with Crippen molar-refractivity contribution in [2.24, 2.45) is 11.8 Å². The standard InChI is InChI=1S/C31H26NO.C13H24O2.Ir/c1-19-21-12-6-7-13-22(21)26(31(2,3)4)18-25(19)29-30-24(16-17-32(29)5)23-14-8-10-20-11-9-15-27(33-30)28(20)23;1-5-10(6-2)12(14)9-13(15)11(7-3)8-4;/h6-18H,1,5H2,2-4H3;9-11,14H,5-8H2,1-4H3;/q-1;;/b;12-9-;. The van der Waals surface area contributed by atoms with Crippen LogP contribution in [-0.2, 0) is 30.3 Å². The van der Waals surface area contributed by atoms with Crippen molar-refractivity contribution in [3.63, 3.8) is 0 Å². The first-order chi connectivity index (χ1) is 22.9. The maximum Gasteiger partial charge on any atom is 0.162 e. The number of ketones is 1. The number of aliphatic hydroxyl groups excluding tert-OH is 1. The van der Waals surface area contributed by atoms with Crippen LogP contribution in [0.25, 0.3) is 43.9 Å². The maximum atomic E-state index is 11.7. The minimum Gasteiger partial charge on any atom is -0.512 e. The van der Waals surface area contributed by atoms with E-state index in [0.29, 0.717) is 0 Å². The molecule has 259 valence electrons. The van der Waals surface area contributed by atoms with Gasteiger partial charge < -0.3 is 14.4 Å². The number of carbonyl (C=O) groups excluding carboxylic acids is 1. The summed E-state index contributed by atoms with van der Waals surface area (Å²) in [7, 11) is 4.33. The molecule has 0 atom stereocenters. The summed E-state index contributed by atoms with van der Waals surface area (Å²) in [5, 5.41) is 14.5. The topological polar surface area (TPSA) is 50.4 Å². The van der Waals surface area contributed by atoms with Crippen molar-refractivity contribution in [2.45, 2.75) is 79.6 Å². The zero-order chi connectivity index (χ0) is 34.7. The van der Waals surface area contributed by atoms with Crippen molar-refractivity contribution in [3.8, 4) is 33.9 Å². The number of pyridine rings is 1. The zero-order valence-corrected chi connectivity index (χ0v) is 32.4. The van der Waals surface area contributed by atoms with Crippen LogP contribution in [0.1, 0.15) is 85.3 Å². The fourth-order valence-corrected chi connectivity index (χ4v) is 6.94. The van der Waals surface area contributed by atoms with Gasteiger partial charge in [-0.3, -0.25) is 4.79 Å². The molecule has 49 heavy (non-hydrogen) atoms. The van der Waals surface area contributed by atoms with Gasteiger partial charge in [0.2, 0.25) is 0 Å². The zero-order valence-electron chi connectivity index (χ0n) is 30.0. The normalized spacial score (nSPS) is 12.3. The summed E-state index contributed by atoms with van der Waals surface area (Å²) >= 11 is 0. The molecule has 0 amide bonds. The summed E-state index contributed by atoms with van der Waals surface area (Å²) in [5.41, 5.74) is 6.52. The van der Waals surface area contributed by atoms with Crippen molar-refractivity contribution in [2.75, 3.05) is 0 Å². The van der Waals surface area contributed by atoms with Crippen LogP contribution >= 0.6 is 0 Å². The smallest absolute Gasteiger partial charge is 0.162 e. The Morgan fingerprint density at radius 1 is 0.837 bits per heavy atom. The minimum absolute atomic E-state index is 0. The van der Waals surface area contributed by atoms with Gasteiger partial charge in [-0.2, -0.15) is 12.5 Å². The van der Waals surface area contributed by atoms with E-state index in [1.165, 1.54) is 28.0 Å². The largest absolute Gasteiger partial charge is 0.512 e. The van der Waals surface area contributed by atoms with Crippen molar-refractivity contribution >= 4 is 27.3 Å². The van der Waals surface area contributed by atoms with E-state index in [4.69, 9.17) is 4.74 Å². The summed E-state index contributed by atoms with van der Waals surface area (Å²) in [5.74, 6) is 2.26. The van der Waals surface area contributed by atoms with Gasteiger partial charge in [0.05, 0.1) is 12.0 Å². The average Bonchev–Trinajstić information content (AvgIpc) is 3.06. The average molecular weight is 833 g/mol. The van der Waals surface area contributed by atoms with E-state index in [9.17, 15) is 9.90 Å². The van der Waals surface area contributed by atoms with Crippen molar-refractivity contribution in [1.29, 1.82) is 0 Å². The van der Waals surface area contributed by atoms with Crippen LogP contribution in [-0.4, -0.2) is 10.9 Å². The van der Waals surface area contributed by atoms with Gasteiger partial charge in [-0.05, 0) is 54.2 Å². The molecule has 6 rings (SSSR count). The Balaban J connectivity index is 0.000000290. The quantitative estimate of drug-likeness (QED) is 0.0719. The summed E-state index contributed by atoms with van der Waals surface area (Å²) in [4.78, 5) is 11.7. The molecule has 5 aromatic rings. The first-order valence-electron chi connectivity index (χ1n) is 17.4. The van der Waals surface area contributed by atoms with E-state index in [1.807, 2.05) is 50.6 Å². The number of aliphatic hydroxyl groups is 1. The second-order valence-corrected chi connectivity index (χ2v) is 13.9. The second-order valence-electron chi connectivity index (χ2n) is 13.9. The number of benzene rings is 4. The molecule has 0 aliphatic carbocycles. The first-order valence-corrected chi connectivity index (χ1v) is 17.4. The van der Waals surface area contributed by atoms with Gasteiger partial charge in [0.25, 0.3) is 0 Å². The number of carbonyl (C=O) groups is 1. The van der Waals surface area contributed by atoms with Crippen molar-refractivity contribution < 1.29 is 39.3 Å². The van der Waals surface area contributed by atoms with Gasteiger partial charge in [-0.1, -0.05) is 108 Å². The first kappa shape index (κ1) is 37.8. The van der Waals surface area contributed by atoms with E-state index < -0.39 is 0 Å². The Hall–Kier alpha value is -4.05. The van der Waals surface area contributed by atoms with Crippen LogP contribution in [0, 0.1) is 25.8 Å². The molecule has 0 fully saturated rings. The Bertz CT molecular complexity index is 1990. The maximum absolute atomic E-state index is 11.7. The molecule has 1 aromatic heterocycles.